The van der Waals surface area contributed by atoms with Gasteiger partial charge in [0.2, 0.25) is 5.91 Å². The van der Waals surface area contributed by atoms with Gasteiger partial charge in [-0.2, -0.15) is 0 Å². The molecule has 0 aliphatic heterocycles. The first kappa shape index (κ1) is 24.4. The first-order valence-corrected chi connectivity index (χ1v) is 11.0. The van der Waals surface area contributed by atoms with Gasteiger partial charge in [0.1, 0.15) is 11.8 Å². The predicted octanol–water partition coefficient (Wildman–Crippen LogP) is 4.63. The molecule has 2 aromatic rings. The Morgan fingerprint density at radius 2 is 1.65 bits per heavy atom. The Hall–Kier alpha value is -2.82. The van der Waals surface area contributed by atoms with Crippen LogP contribution in [0.2, 0.25) is 0 Å². The van der Waals surface area contributed by atoms with Crippen LogP contribution in [0.3, 0.4) is 0 Å². The molecule has 1 unspecified atom stereocenters. The van der Waals surface area contributed by atoms with Crippen molar-refractivity contribution in [2.45, 2.75) is 73.5 Å². The van der Waals surface area contributed by atoms with Crippen LogP contribution in [0.5, 0.6) is 5.75 Å². The van der Waals surface area contributed by atoms with Crippen molar-refractivity contribution in [1.29, 1.82) is 0 Å². The van der Waals surface area contributed by atoms with E-state index < -0.39 is 6.04 Å². The fourth-order valence-corrected chi connectivity index (χ4v) is 3.56. The summed E-state index contributed by atoms with van der Waals surface area (Å²) < 4.78 is 5.93. The zero-order valence-corrected chi connectivity index (χ0v) is 19.9. The third-order valence-electron chi connectivity index (χ3n) is 5.41. The number of ether oxygens (including phenoxy) is 1. The molecule has 2 aromatic carbocycles. The van der Waals surface area contributed by atoms with Gasteiger partial charge in [-0.3, -0.25) is 9.59 Å². The molecule has 2 rings (SSSR count). The van der Waals surface area contributed by atoms with E-state index in [9.17, 15) is 9.59 Å². The molecule has 0 spiro atoms. The fraction of sp³-hybridized carbons (Fsp3) is 0.462. The second kappa shape index (κ2) is 11.0. The lowest BCUT2D eigenvalue weighted by Crippen LogP contribution is -2.51. The van der Waals surface area contributed by atoms with Gasteiger partial charge in [-0.15, -0.1) is 0 Å². The Morgan fingerprint density at radius 3 is 2.23 bits per heavy atom. The average molecular weight is 425 g/mol. The number of nitrogens with zero attached hydrogens (tertiary/aromatic N) is 1. The highest BCUT2D eigenvalue weighted by Gasteiger charge is 2.29. The minimum Gasteiger partial charge on any atom is -0.483 e. The summed E-state index contributed by atoms with van der Waals surface area (Å²) in [5.41, 5.74) is 5.37. The van der Waals surface area contributed by atoms with Crippen LogP contribution in [0.25, 0.3) is 0 Å². The van der Waals surface area contributed by atoms with E-state index in [4.69, 9.17) is 4.74 Å². The van der Waals surface area contributed by atoms with Gasteiger partial charge in [0.25, 0.3) is 5.91 Å². The number of rotatable bonds is 9. The van der Waals surface area contributed by atoms with Gasteiger partial charge in [0.15, 0.2) is 6.61 Å². The lowest BCUT2D eigenvalue weighted by molar-refractivity contribution is -0.143. The Balaban J connectivity index is 2.26. The molecule has 31 heavy (non-hydrogen) atoms. The molecule has 0 aliphatic rings. The molecule has 0 saturated carbocycles. The highest BCUT2D eigenvalue weighted by atomic mass is 16.5. The molecule has 0 saturated heterocycles. The Morgan fingerprint density at radius 1 is 1.00 bits per heavy atom. The number of aryl methyl sites for hydroxylation is 3. The molecule has 0 aromatic heterocycles. The van der Waals surface area contributed by atoms with E-state index in [1.54, 1.807) is 4.90 Å². The molecule has 0 fully saturated rings. The molecule has 0 radical (unpaired) electrons. The molecule has 1 atom stereocenters. The van der Waals surface area contributed by atoms with Crippen LogP contribution in [0.1, 0.15) is 55.0 Å². The van der Waals surface area contributed by atoms with Crippen LogP contribution in [0.4, 0.5) is 0 Å². The van der Waals surface area contributed by atoms with Gasteiger partial charge < -0.3 is 15.0 Å². The van der Waals surface area contributed by atoms with E-state index in [-0.39, 0.29) is 24.5 Å². The van der Waals surface area contributed by atoms with Gasteiger partial charge in [-0.25, -0.2) is 0 Å². The maximum Gasteiger partial charge on any atom is 0.261 e. The van der Waals surface area contributed by atoms with E-state index in [1.807, 2.05) is 78.8 Å². The van der Waals surface area contributed by atoms with Crippen molar-refractivity contribution in [3.63, 3.8) is 0 Å². The van der Waals surface area contributed by atoms with Crippen LogP contribution >= 0.6 is 0 Å². The summed E-state index contributed by atoms with van der Waals surface area (Å²) in [7, 11) is 0. The Labute approximate surface area is 186 Å². The summed E-state index contributed by atoms with van der Waals surface area (Å²) in [4.78, 5) is 27.8. The lowest BCUT2D eigenvalue weighted by atomic mass is 10.1. The van der Waals surface area contributed by atoms with Gasteiger partial charge in [-0.05, 0) is 76.3 Å². The predicted molar refractivity (Wildman–Crippen MR) is 125 cm³/mol. The molecule has 0 bridgehead atoms. The number of carbonyl (C=O) groups is 2. The van der Waals surface area contributed by atoms with E-state index >= 15 is 0 Å². The van der Waals surface area contributed by atoms with Crippen molar-refractivity contribution in [3.8, 4) is 5.75 Å². The summed E-state index contributed by atoms with van der Waals surface area (Å²) >= 11 is 0. The molecule has 1 N–H and O–H groups in total. The lowest BCUT2D eigenvalue weighted by Gasteiger charge is -2.31. The van der Waals surface area contributed by atoms with Crippen molar-refractivity contribution in [2.24, 2.45) is 0 Å². The molecular formula is C26H36N2O3. The molecule has 168 valence electrons. The minimum absolute atomic E-state index is 0.00652. The molecule has 5 nitrogen and oxygen atoms in total. The fourth-order valence-electron chi connectivity index (χ4n) is 3.56. The number of amides is 2. The summed E-state index contributed by atoms with van der Waals surface area (Å²) in [6.45, 7) is 14.1. The first-order valence-electron chi connectivity index (χ1n) is 11.0. The highest BCUT2D eigenvalue weighted by Crippen LogP contribution is 2.23. The number of hydrogen-bond acceptors (Lipinski definition) is 3. The molecule has 0 heterocycles. The molecular weight excluding hydrogens is 388 g/mol. The van der Waals surface area contributed by atoms with Crippen LogP contribution < -0.4 is 10.1 Å². The number of carbonyl (C=O) groups excluding carboxylic acids is 2. The SMILES string of the molecule is CCC(C(=O)NC(C)C)N(Cc1ccc(C)cc1)C(=O)COc1cc(C)cc(C)c1C. The van der Waals surface area contributed by atoms with E-state index in [1.165, 1.54) is 0 Å². The molecule has 2 amide bonds. The minimum atomic E-state index is -0.555. The Kier molecular flexibility index (Phi) is 8.66. The highest BCUT2D eigenvalue weighted by molar-refractivity contribution is 5.88. The van der Waals surface area contributed by atoms with Crippen LogP contribution in [0.15, 0.2) is 36.4 Å². The van der Waals surface area contributed by atoms with Crippen molar-refractivity contribution in [3.05, 3.63) is 64.2 Å². The number of benzene rings is 2. The maximum absolute atomic E-state index is 13.3. The smallest absolute Gasteiger partial charge is 0.261 e. The van der Waals surface area contributed by atoms with Gasteiger partial charge in [-0.1, -0.05) is 42.8 Å². The van der Waals surface area contributed by atoms with Crippen LogP contribution in [-0.4, -0.2) is 35.4 Å². The normalized spacial score (nSPS) is 11.9. The zero-order chi connectivity index (χ0) is 23.1. The van der Waals surface area contributed by atoms with Crippen molar-refractivity contribution in [2.75, 3.05) is 6.61 Å². The van der Waals surface area contributed by atoms with Gasteiger partial charge >= 0.3 is 0 Å². The van der Waals surface area contributed by atoms with Crippen molar-refractivity contribution in [1.82, 2.24) is 10.2 Å². The summed E-state index contributed by atoms with van der Waals surface area (Å²) in [5, 5.41) is 2.95. The maximum atomic E-state index is 13.3. The van der Waals surface area contributed by atoms with E-state index in [0.29, 0.717) is 18.7 Å². The number of hydrogen-bond donors (Lipinski definition) is 1. The largest absolute Gasteiger partial charge is 0.483 e. The third-order valence-corrected chi connectivity index (χ3v) is 5.41. The monoisotopic (exact) mass is 424 g/mol. The topological polar surface area (TPSA) is 58.6 Å². The van der Waals surface area contributed by atoms with Gasteiger partial charge in [0, 0.05) is 12.6 Å². The summed E-state index contributed by atoms with van der Waals surface area (Å²) in [5.74, 6) is 0.367. The van der Waals surface area contributed by atoms with E-state index in [0.717, 1.165) is 27.8 Å². The molecule has 0 aliphatic carbocycles. The molecule has 5 heteroatoms. The van der Waals surface area contributed by atoms with Crippen molar-refractivity contribution >= 4 is 11.8 Å². The average Bonchev–Trinajstić information content (AvgIpc) is 2.70. The Bertz CT molecular complexity index is 904. The second-order valence-electron chi connectivity index (χ2n) is 8.59. The third kappa shape index (κ3) is 6.84. The summed E-state index contributed by atoms with van der Waals surface area (Å²) in [6, 6.07) is 11.5. The second-order valence-corrected chi connectivity index (χ2v) is 8.59. The zero-order valence-electron chi connectivity index (χ0n) is 19.9. The van der Waals surface area contributed by atoms with E-state index in [2.05, 4.69) is 11.4 Å². The van der Waals surface area contributed by atoms with Crippen molar-refractivity contribution < 1.29 is 14.3 Å². The quantitative estimate of drug-likeness (QED) is 0.638. The van der Waals surface area contributed by atoms with Crippen LogP contribution in [-0.2, 0) is 16.1 Å². The van der Waals surface area contributed by atoms with Gasteiger partial charge in [0.05, 0.1) is 0 Å². The standard InChI is InChI=1S/C26H36N2O3/c1-8-23(26(30)27-17(2)3)28(15-22-11-9-18(4)10-12-22)25(29)16-31-24-14-19(5)13-20(6)21(24)7/h9-14,17,23H,8,15-16H2,1-7H3,(H,27,30). The summed E-state index contributed by atoms with van der Waals surface area (Å²) in [6.07, 6.45) is 0.527. The van der Waals surface area contributed by atoms with Crippen LogP contribution in [0, 0.1) is 27.7 Å². The first-order chi connectivity index (χ1) is 14.6. The number of nitrogens with one attached hydrogen (secondary N) is 1.